The van der Waals surface area contributed by atoms with Crippen molar-refractivity contribution in [2.75, 3.05) is 13.1 Å². The summed E-state index contributed by atoms with van der Waals surface area (Å²) in [5, 5.41) is 0. The van der Waals surface area contributed by atoms with Crippen molar-refractivity contribution in [1.82, 2.24) is 9.62 Å². The fraction of sp³-hybridized carbons (Fsp3) is 0.350. The third kappa shape index (κ3) is 4.51. The quantitative estimate of drug-likeness (QED) is 0.812. The van der Waals surface area contributed by atoms with Crippen molar-refractivity contribution in [3.8, 4) is 0 Å². The number of nitrogens with one attached hydrogen (secondary N) is 1. The summed E-state index contributed by atoms with van der Waals surface area (Å²) in [5.41, 5.74) is 3.05. The van der Waals surface area contributed by atoms with Crippen molar-refractivity contribution in [3.05, 3.63) is 65.2 Å². The summed E-state index contributed by atoms with van der Waals surface area (Å²) >= 11 is 0. The van der Waals surface area contributed by atoms with Crippen LogP contribution in [0.25, 0.3) is 0 Å². The highest BCUT2D eigenvalue weighted by Gasteiger charge is 2.19. The summed E-state index contributed by atoms with van der Waals surface area (Å²) in [4.78, 5) is 13.8. The number of hydrogen-bond donors (Lipinski definition) is 1. The maximum Gasteiger partial charge on any atom is 0.240 e. The van der Waals surface area contributed by atoms with Gasteiger partial charge in [-0.2, -0.15) is 0 Å². The van der Waals surface area contributed by atoms with E-state index in [1.807, 2.05) is 48.2 Å². The monoisotopic (exact) mass is 372 g/mol. The van der Waals surface area contributed by atoms with Crippen molar-refractivity contribution in [1.29, 1.82) is 0 Å². The van der Waals surface area contributed by atoms with E-state index < -0.39 is 10.0 Å². The Kier molecular flexibility index (Phi) is 5.74. The lowest BCUT2D eigenvalue weighted by Crippen LogP contribution is -2.27. The van der Waals surface area contributed by atoms with Crippen LogP contribution in [-0.2, 0) is 27.8 Å². The number of amides is 1. The average Bonchev–Trinajstić information content (AvgIpc) is 3.05. The molecule has 1 saturated heterocycles. The van der Waals surface area contributed by atoms with Gasteiger partial charge in [-0.1, -0.05) is 36.4 Å². The molecule has 0 unspecified atom stereocenters. The van der Waals surface area contributed by atoms with Crippen LogP contribution in [0.3, 0.4) is 0 Å². The third-order valence-corrected chi connectivity index (χ3v) is 6.21. The highest BCUT2D eigenvalue weighted by Crippen LogP contribution is 2.15. The molecule has 5 nitrogen and oxygen atoms in total. The molecule has 138 valence electrons. The number of carbonyl (C=O) groups is 1. The summed E-state index contributed by atoms with van der Waals surface area (Å²) in [6, 6.07) is 14.6. The first-order valence-electron chi connectivity index (χ1n) is 8.86. The van der Waals surface area contributed by atoms with Gasteiger partial charge >= 0.3 is 0 Å². The zero-order valence-electron chi connectivity index (χ0n) is 14.9. The summed E-state index contributed by atoms with van der Waals surface area (Å²) in [7, 11) is -3.55. The first kappa shape index (κ1) is 18.6. The minimum Gasteiger partial charge on any atom is -0.342 e. The highest BCUT2D eigenvalue weighted by molar-refractivity contribution is 7.89. The Labute approximate surface area is 155 Å². The summed E-state index contributed by atoms with van der Waals surface area (Å²) in [5.74, 6) is 0.213. The number of carbonyl (C=O) groups excluding carboxylic acids is 1. The van der Waals surface area contributed by atoms with E-state index in [9.17, 15) is 13.2 Å². The fourth-order valence-electron chi connectivity index (χ4n) is 3.10. The van der Waals surface area contributed by atoms with E-state index in [4.69, 9.17) is 0 Å². The normalized spacial score (nSPS) is 14.8. The Morgan fingerprint density at radius 3 is 2.46 bits per heavy atom. The minimum atomic E-state index is -3.55. The summed E-state index contributed by atoms with van der Waals surface area (Å²) in [6.45, 7) is 3.75. The first-order valence-corrected chi connectivity index (χ1v) is 10.3. The Balaban J connectivity index is 1.59. The second-order valence-electron chi connectivity index (χ2n) is 6.63. The van der Waals surface area contributed by atoms with Gasteiger partial charge in [0.15, 0.2) is 0 Å². The van der Waals surface area contributed by atoms with E-state index in [2.05, 4.69) is 4.72 Å². The molecule has 2 aromatic carbocycles. The topological polar surface area (TPSA) is 66.5 Å². The largest absolute Gasteiger partial charge is 0.342 e. The molecule has 1 aliphatic rings. The Morgan fingerprint density at radius 2 is 1.81 bits per heavy atom. The molecule has 0 aliphatic carbocycles. The van der Waals surface area contributed by atoms with E-state index in [1.54, 1.807) is 12.1 Å². The van der Waals surface area contributed by atoms with Crippen molar-refractivity contribution in [2.45, 2.75) is 37.6 Å². The number of aryl methyl sites for hydroxylation is 1. The van der Waals surface area contributed by atoms with Gasteiger partial charge in [0.2, 0.25) is 15.9 Å². The van der Waals surface area contributed by atoms with Gasteiger partial charge in [-0.3, -0.25) is 4.79 Å². The van der Waals surface area contributed by atoms with E-state index in [0.29, 0.717) is 13.0 Å². The zero-order valence-corrected chi connectivity index (χ0v) is 15.8. The van der Waals surface area contributed by atoms with Crippen LogP contribution >= 0.6 is 0 Å². The summed E-state index contributed by atoms with van der Waals surface area (Å²) < 4.78 is 27.6. The predicted molar refractivity (Wildman–Crippen MR) is 101 cm³/mol. The molecule has 6 heteroatoms. The lowest BCUT2D eigenvalue weighted by molar-refractivity contribution is -0.127. The van der Waals surface area contributed by atoms with Gasteiger partial charge in [0.05, 0.1) is 4.90 Å². The number of likely N-dealkylation sites (tertiary alicyclic amines) is 1. The number of sulfonamides is 1. The minimum absolute atomic E-state index is 0.213. The highest BCUT2D eigenvalue weighted by atomic mass is 32.2. The molecule has 1 fully saturated rings. The number of benzene rings is 2. The molecule has 1 amide bonds. The number of nitrogens with zero attached hydrogens (tertiary/aromatic N) is 1. The Hall–Kier alpha value is -2.18. The molecule has 1 aliphatic heterocycles. The molecule has 0 saturated carbocycles. The number of hydrogen-bond acceptors (Lipinski definition) is 3. The van der Waals surface area contributed by atoms with Crippen LogP contribution in [0.2, 0.25) is 0 Å². The number of rotatable bonds is 7. The molecule has 26 heavy (non-hydrogen) atoms. The molecule has 0 bridgehead atoms. The molecule has 2 aromatic rings. The van der Waals surface area contributed by atoms with Gasteiger partial charge in [-0.15, -0.1) is 0 Å². The van der Waals surface area contributed by atoms with Gasteiger partial charge in [0.25, 0.3) is 0 Å². The standard InChI is InChI=1S/C20H24N2O3S/c1-16-5-2-3-6-18(16)15-21-26(24,25)19-10-8-17(9-11-19)12-14-22-13-4-7-20(22)23/h2-3,5-6,8-11,21H,4,7,12-15H2,1H3. The molecule has 3 rings (SSSR count). The van der Waals surface area contributed by atoms with Crippen molar-refractivity contribution < 1.29 is 13.2 Å². The molecule has 0 atom stereocenters. The molecule has 0 aromatic heterocycles. The van der Waals surface area contributed by atoms with Crippen molar-refractivity contribution in [2.24, 2.45) is 0 Å². The molecular formula is C20H24N2O3S. The van der Waals surface area contributed by atoms with Crippen LogP contribution in [0, 0.1) is 6.92 Å². The molecule has 1 heterocycles. The maximum atomic E-state index is 12.5. The Bertz CT molecular complexity index is 876. The van der Waals surface area contributed by atoms with Gasteiger partial charge in [0, 0.05) is 26.1 Å². The lowest BCUT2D eigenvalue weighted by atomic mass is 10.1. The molecule has 0 radical (unpaired) electrons. The zero-order chi connectivity index (χ0) is 18.6. The van der Waals surface area contributed by atoms with Gasteiger partial charge in [0.1, 0.15) is 0 Å². The van der Waals surface area contributed by atoms with Crippen LogP contribution in [0.5, 0.6) is 0 Å². The van der Waals surface area contributed by atoms with Crippen molar-refractivity contribution in [3.63, 3.8) is 0 Å². The molecular weight excluding hydrogens is 348 g/mol. The Morgan fingerprint density at radius 1 is 1.08 bits per heavy atom. The molecule has 1 N–H and O–H groups in total. The van der Waals surface area contributed by atoms with Gasteiger partial charge in [-0.05, 0) is 48.6 Å². The summed E-state index contributed by atoms with van der Waals surface area (Å²) in [6.07, 6.45) is 2.31. The second-order valence-corrected chi connectivity index (χ2v) is 8.40. The maximum absolute atomic E-state index is 12.5. The SMILES string of the molecule is Cc1ccccc1CNS(=O)(=O)c1ccc(CCN2CCCC2=O)cc1. The van der Waals surface area contributed by atoms with Crippen molar-refractivity contribution >= 4 is 15.9 Å². The van der Waals surface area contributed by atoms with E-state index >= 15 is 0 Å². The van der Waals surface area contributed by atoms with Crippen LogP contribution in [0.15, 0.2) is 53.4 Å². The van der Waals surface area contributed by atoms with E-state index in [1.165, 1.54) is 0 Å². The average molecular weight is 372 g/mol. The predicted octanol–water partition coefficient (Wildman–Crippen LogP) is 2.64. The lowest BCUT2D eigenvalue weighted by Gasteiger charge is -2.15. The van der Waals surface area contributed by atoms with Crippen LogP contribution < -0.4 is 4.72 Å². The van der Waals surface area contributed by atoms with Crippen LogP contribution in [0.1, 0.15) is 29.5 Å². The first-order chi connectivity index (χ1) is 12.5. The molecule has 0 spiro atoms. The van der Waals surface area contributed by atoms with Gasteiger partial charge < -0.3 is 4.90 Å². The fourth-order valence-corrected chi connectivity index (χ4v) is 4.11. The van der Waals surface area contributed by atoms with E-state index in [-0.39, 0.29) is 17.3 Å². The van der Waals surface area contributed by atoms with Crippen LogP contribution in [0.4, 0.5) is 0 Å². The van der Waals surface area contributed by atoms with Gasteiger partial charge in [-0.25, -0.2) is 13.1 Å². The second kappa shape index (κ2) is 8.01. The van der Waals surface area contributed by atoms with E-state index in [0.717, 1.165) is 36.1 Å². The van der Waals surface area contributed by atoms with Crippen LogP contribution in [-0.4, -0.2) is 32.3 Å². The third-order valence-electron chi connectivity index (χ3n) is 4.79. The smallest absolute Gasteiger partial charge is 0.240 e.